The van der Waals surface area contributed by atoms with Gasteiger partial charge in [0.25, 0.3) is 0 Å². The second-order valence-corrected chi connectivity index (χ2v) is 5.25. The Morgan fingerprint density at radius 3 is 2.75 bits per heavy atom. The summed E-state index contributed by atoms with van der Waals surface area (Å²) in [7, 11) is -3.01. The molecule has 1 aliphatic heterocycles. The summed E-state index contributed by atoms with van der Waals surface area (Å²) in [4.78, 5) is 0. The molecule has 0 spiro atoms. The highest BCUT2D eigenvalue weighted by Crippen LogP contribution is 2.19. The molecule has 1 aliphatic rings. The predicted molar refractivity (Wildman–Crippen MR) is 48.2 cm³/mol. The van der Waals surface area contributed by atoms with Crippen molar-refractivity contribution in [1.29, 1.82) is 0 Å². The summed E-state index contributed by atoms with van der Waals surface area (Å²) < 4.78 is 24.4. The Labute approximate surface area is 73.8 Å². The molecule has 0 bridgehead atoms. The monoisotopic (exact) mass is 192 g/mol. The van der Waals surface area contributed by atoms with E-state index in [4.69, 9.17) is 5.73 Å². The van der Waals surface area contributed by atoms with Gasteiger partial charge in [-0.1, -0.05) is 0 Å². The van der Waals surface area contributed by atoms with Crippen LogP contribution >= 0.6 is 0 Å². The van der Waals surface area contributed by atoms with E-state index >= 15 is 0 Å². The highest BCUT2D eigenvalue weighted by atomic mass is 32.2. The maximum absolute atomic E-state index is 11.4. The fraction of sp³-hybridized carbons (Fsp3) is 1.00. The second kappa shape index (κ2) is 3.72. The van der Waals surface area contributed by atoms with Crippen LogP contribution in [-0.4, -0.2) is 37.6 Å². The van der Waals surface area contributed by atoms with Crippen molar-refractivity contribution < 1.29 is 8.42 Å². The molecule has 12 heavy (non-hydrogen) atoms. The van der Waals surface area contributed by atoms with Gasteiger partial charge in [-0.3, -0.25) is 0 Å². The zero-order chi connectivity index (χ0) is 9.19. The van der Waals surface area contributed by atoms with E-state index in [1.807, 2.05) is 0 Å². The smallest absolute Gasteiger partial charge is 0.214 e. The molecule has 0 radical (unpaired) electrons. The van der Waals surface area contributed by atoms with E-state index in [-0.39, 0.29) is 11.8 Å². The van der Waals surface area contributed by atoms with E-state index in [1.54, 1.807) is 11.2 Å². The molecule has 0 saturated carbocycles. The molecule has 1 atom stereocenters. The lowest BCUT2D eigenvalue weighted by atomic mass is 10.2. The first kappa shape index (κ1) is 9.95. The van der Waals surface area contributed by atoms with E-state index in [2.05, 4.69) is 0 Å². The first-order valence-corrected chi connectivity index (χ1v) is 5.92. The number of rotatable bonds is 3. The van der Waals surface area contributed by atoms with Gasteiger partial charge in [0.1, 0.15) is 0 Å². The molecule has 72 valence electrons. The first-order chi connectivity index (χ1) is 5.61. The highest BCUT2D eigenvalue weighted by Gasteiger charge is 2.31. The van der Waals surface area contributed by atoms with Gasteiger partial charge in [0.2, 0.25) is 10.0 Å². The topological polar surface area (TPSA) is 63.4 Å². The summed E-state index contributed by atoms with van der Waals surface area (Å²) in [6.07, 6.45) is 1.86. The summed E-state index contributed by atoms with van der Waals surface area (Å²) in [5, 5.41) is 0. The third-order valence-electron chi connectivity index (χ3n) is 2.32. The van der Waals surface area contributed by atoms with E-state index in [0.717, 1.165) is 12.8 Å². The molecule has 0 aliphatic carbocycles. The molecule has 5 heteroatoms. The number of nitrogens with two attached hydrogens (primary N) is 1. The van der Waals surface area contributed by atoms with Gasteiger partial charge in [-0.25, -0.2) is 8.42 Å². The minimum Gasteiger partial charge on any atom is -0.329 e. The molecule has 4 nitrogen and oxygen atoms in total. The van der Waals surface area contributed by atoms with Crippen LogP contribution in [-0.2, 0) is 10.0 Å². The standard InChI is InChI=1S/C7H16N2O2S/c1-2-12(10,11)9-5-3-4-7(9)6-8/h7H,2-6,8H2,1H3/t7-/m0/s1. The van der Waals surface area contributed by atoms with Gasteiger partial charge in [0, 0.05) is 19.1 Å². The van der Waals surface area contributed by atoms with Crippen LogP contribution in [0, 0.1) is 0 Å². The first-order valence-electron chi connectivity index (χ1n) is 4.31. The Bertz CT molecular complexity index is 238. The maximum Gasteiger partial charge on any atom is 0.214 e. The van der Waals surface area contributed by atoms with E-state index in [1.165, 1.54) is 0 Å². The molecule has 1 saturated heterocycles. The molecule has 0 amide bonds. The third kappa shape index (κ3) is 1.78. The predicted octanol–water partition coefficient (Wildman–Crippen LogP) is -0.241. The summed E-state index contributed by atoms with van der Waals surface area (Å²) in [6, 6.07) is 0.0509. The lowest BCUT2D eigenvalue weighted by molar-refractivity contribution is 0.394. The molecule has 0 aromatic rings. The molecule has 1 fully saturated rings. The molecule has 1 rings (SSSR count). The van der Waals surface area contributed by atoms with Crippen molar-refractivity contribution >= 4 is 10.0 Å². The van der Waals surface area contributed by atoms with Crippen LogP contribution in [0.4, 0.5) is 0 Å². The number of nitrogens with zero attached hydrogens (tertiary/aromatic N) is 1. The summed E-state index contributed by atoms with van der Waals surface area (Å²) in [5.74, 6) is 0.184. The Hall–Kier alpha value is -0.130. The third-order valence-corrected chi connectivity index (χ3v) is 4.24. The van der Waals surface area contributed by atoms with Gasteiger partial charge in [-0.05, 0) is 19.8 Å². The normalized spacial score (nSPS) is 26.3. The van der Waals surface area contributed by atoms with Crippen LogP contribution in [0.5, 0.6) is 0 Å². The lowest BCUT2D eigenvalue weighted by Gasteiger charge is -2.21. The van der Waals surface area contributed by atoms with Crippen molar-refractivity contribution in [3.05, 3.63) is 0 Å². The largest absolute Gasteiger partial charge is 0.329 e. The van der Waals surface area contributed by atoms with Crippen LogP contribution in [0.3, 0.4) is 0 Å². The van der Waals surface area contributed by atoms with Crippen LogP contribution < -0.4 is 5.73 Å². The minimum atomic E-state index is -3.01. The van der Waals surface area contributed by atoms with Gasteiger partial charge in [0.05, 0.1) is 5.75 Å². The zero-order valence-electron chi connectivity index (χ0n) is 7.36. The van der Waals surface area contributed by atoms with E-state index in [9.17, 15) is 8.42 Å². The van der Waals surface area contributed by atoms with Crippen molar-refractivity contribution in [1.82, 2.24) is 4.31 Å². The number of hydrogen-bond acceptors (Lipinski definition) is 3. The Kier molecular flexibility index (Phi) is 3.09. The average Bonchev–Trinajstić information content (AvgIpc) is 2.52. The van der Waals surface area contributed by atoms with Crippen molar-refractivity contribution in [3.8, 4) is 0 Å². The average molecular weight is 192 g/mol. The van der Waals surface area contributed by atoms with Crippen molar-refractivity contribution in [2.24, 2.45) is 5.73 Å². The van der Waals surface area contributed by atoms with Gasteiger partial charge in [-0.2, -0.15) is 4.31 Å². The molecule has 0 aromatic carbocycles. The van der Waals surface area contributed by atoms with Crippen LogP contribution in [0.25, 0.3) is 0 Å². The number of hydrogen-bond donors (Lipinski definition) is 1. The van der Waals surface area contributed by atoms with Gasteiger partial charge in [0.15, 0.2) is 0 Å². The van der Waals surface area contributed by atoms with Crippen LogP contribution in [0.1, 0.15) is 19.8 Å². The summed E-state index contributed by atoms with van der Waals surface area (Å²) >= 11 is 0. The summed E-state index contributed by atoms with van der Waals surface area (Å²) in [5.41, 5.74) is 5.47. The molecular weight excluding hydrogens is 176 g/mol. The Balaban J connectivity index is 2.74. The quantitative estimate of drug-likeness (QED) is 0.671. The van der Waals surface area contributed by atoms with Crippen molar-refractivity contribution in [3.63, 3.8) is 0 Å². The highest BCUT2D eigenvalue weighted by molar-refractivity contribution is 7.89. The van der Waals surface area contributed by atoms with Gasteiger partial charge >= 0.3 is 0 Å². The van der Waals surface area contributed by atoms with E-state index in [0.29, 0.717) is 13.1 Å². The molecule has 2 N–H and O–H groups in total. The fourth-order valence-corrected chi connectivity index (χ4v) is 2.96. The summed E-state index contributed by atoms with van der Waals surface area (Å²) in [6.45, 7) is 2.76. The van der Waals surface area contributed by atoms with Crippen LogP contribution in [0.15, 0.2) is 0 Å². The maximum atomic E-state index is 11.4. The zero-order valence-corrected chi connectivity index (χ0v) is 8.18. The van der Waals surface area contributed by atoms with Gasteiger partial charge < -0.3 is 5.73 Å². The molecular formula is C7H16N2O2S. The SMILES string of the molecule is CCS(=O)(=O)N1CCC[C@H]1CN. The van der Waals surface area contributed by atoms with Crippen molar-refractivity contribution in [2.75, 3.05) is 18.8 Å². The molecule has 1 heterocycles. The van der Waals surface area contributed by atoms with Crippen molar-refractivity contribution in [2.45, 2.75) is 25.8 Å². The van der Waals surface area contributed by atoms with Gasteiger partial charge in [-0.15, -0.1) is 0 Å². The Morgan fingerprint density at radius 1 is 1.58 bits per heavy atom. The lowest BCUT2D eigenvalue weighted by Crippen LogP contribution is -2.40. The van der Waals surface area contributed by atoms with Crippen LogP contribution in [0.2, 0.25) is 0 Å². The second-order valence-electron chi connectivity index (χ2n) is 3.04. The minimum absolute atomic E-state index is 0.0509. The Morgan fingerprint density at radius 2 is 2.25 bits per heavy atom. The van der Waals surface area contributed by atoms with E-state index < -0.39 is 10.0 Å². The molecule has 0 unspecified atom stereocenters. The fourth-order valence-electron chi connectivity index (χ4n) is 1.58. The number of sulfonamides is 1. The molecule has 0 aromatic heterocycles.